The second-order valence-corrected chi connectivity index (χ2v) is 22.5. The van der Waals surface area contributed by atoms with E-state index in [-0.39, 0.29) is 36.5 Å². The lowest BCUT2D eigenvalue weighted by molar-refractivity contribution is 0.000410. The van der Waals surface area contributed by atoms with Crippen LogP contribution in [0.1, 0.15) is 98.8 Å². The van der Waals surface area contributed by atoms with E-state index < -0.39 is 20.9 Å². The SMILES string of the molecule is COc1ccc(CN(Cc2ccc(OC)cc2)S(=O)(=O)[C@@H](C)C[C@@H]2C=C([C@@H](OC)[C@@H]3CC[C@H]3CN3C[C@@]4(CCCc5cc(Cl)ccc54)COc4ccc(C(=O)OC(C)(C)C)cc43)C2)cc1. The number of halogens is 1. The lowest BCUT2D eigenvalue weighted by atomic mass is 9.65. The number of ether oxygens (including phenoxy) is 5. The first-order chi connectivity index (χ1) is 31.1. The van der Waals surface area contributed by atoms with Crippen LogP contribution in [-0.4, -0.2) is 76.7 Å². The third-order valence-electron chi connectivity index (χ3n) is 14.1. The third kappa shape index (κ3) is 10.4. The molecule has 6 atom stereocenters. The van der Waals surface area contributed by atoms with Crippen molar-refractivity contribution in [1.82, 2.24) is 4.31 Å². The molecule has 12 heteroatoms. The van der Waals surface area contributed by atoms with E-state index in [0.29, 0.717) is 30.4 Å². The fraction of sp³-hybridized carbons (Fsp3) is 0.491. The highest BCUT2D eigenvalue weighted by molar-refractivity contribution is 7.89. The quantitative estimate of drug-likeness (QED) is 0.0803. The number of fused-ring (bicyclic) bond motifs is 3. The predicted molar refractivity (Wildman–Crippen MR) is 257 cm³/mol. The largest absolute Gasteiger partial charge is 0.497 e. The minimum atomic E-state index is -3.70. The predicted octanol–water partition coefficient (Wildman–Crippen LogP) is 10.6. The molecule has 8 rings (SSSR count). The first-order valence-electron chi connectivity index (χ1n) is 23.1. The van der Waals surface area contributed by atoms with Crippen molar-refractivity contribution in [2.45, 2.75) is 108 Å². The lowest BCUT2D eigenvalue weighted by Crippen LogP contribution is -2.50. The molecule has 1 heterocycles. The molecule has 0 amide bonds. The maximum Gasteiger partial charge on any atom is 0.338 e. The summed E-state index contributed by atoms with van der Waals surface area (Å²) in [6.45, 7) is 10.1. The molecule has 0 bridgehead atoms. The molecule has 10 nitrogen and oxygen atoms in total. The first-order valence-corrected chi connectivity index (χ1v) is 25.0. The van der Waals surface area contributed by atoms with Crippen LogP contribution in [-0.2, 0) is 44.4 Å². The van der Waals surface area contributed by atoms with Crippen molar-refractivity contribution >= 4 is 33.3 Å². The molecular weight excluding hydrogens is 860 g/mol. The fourth-order valence-electron chi connectivity index (χ4n) is 10.5. The summed E-state index contributed by atoms with van der Waals surface area (Å²) in [6.07, 6.45) is 8.67. The van der Waals surface area contributed by atoms with E-state index >= 15 is 0 Å². The average Bonchev–Trinajstić information content (AvgIpc) is 3.41. The summed E-state index contributed by atoms with van der Waals surface area (Å²) in [6, 6.07) is 27.1. The highest BCUT2D eigenvalue weighted by Gasteiger charge is 2.46. The van der Waals surface area contributed by atoms with Gasteiger partial charge in [0.2, 0.25) is 10.0 Å². The smallest absolute Gasteiger partial charge is 0.338 e. The molecule has 1 saturated carbocycles. The number of benzene rings is 4. The molecular formula is C53H65ClN2O8S. The zero-order valence-electron chi connectivity index (χ0n) is 39.0. The molecule has 65 heavy (non-hydrogen) atoms. The van der Waals surface area contributed by atoms with Crippen LogP contribution in [0.3, 0.4) is 0 Å². The van der Waals surface area contributed by atoms with Crippen molar-refractivity contribution < 1.29 is 36.9 Å². The van der Waals surface area contributed by atoms with E-state index in [2.05, 4.69) is 23.1 Å². The molecule has 0 unspecified atom stereocenters. The molecule has 1 aliphatic heterocycles. The van der Waals surface area contributed by atoms with Crippen molar-refractivity contribution in [2.24, 2.45) is 17.8 Å². The van der Waals surface area contributed by atoms with Gasteiger partial charge in [-0.2, -0.15) is 4.31 Å². The molecule has 1 fully saturated rings. The van der Waals surface area contributed by atoms with Crippen LogP contribution in [0.25, 0.3) is 0 Å². The molecule has 4 aromatic rings. The lowest BCUT2D eigenvalue weighted by Gasteiger charge is -2.48. The highest BCUT2D eigenvalue weighted by atomic mass is 35.5. The summed E-state index contributed by atoms with van der Waals surface area (Å²) in [4.78, 5) is 15.9. The number of anilines is 1. The van der Waals surface area contributed by atoms with Crippen LogP contribution in [0.15, 0.2) is 96.6 Å². The number of allylic oxidation sites excluding steroid dienone is 1. The van der Waals surface area contributed by atoms with Gasteiger partial charge in [-0.15, -0.1) is 0 Å². The van der Waals surface area contributed by atoms with Crippen molar-refractivity contribution in [3.05, 3.63) is 129 Å². The van der Waals surface area contributed by atoms with Gasteiger partial charge in [-0.05, 0) is 173 Å². The molecule has 1 spiro atoms. The van der Waals surface area contributed by atoms with E-state index in [0.717, 1.165) is 90.7 Å². The van der Waals surface area contributed by atoms with Crippen LogP contribution in [0, 0.1) is 17.8 Å². The van der Waals surface area contributed by atoms with E-state index in [1.165, 1.54) is 16.7 Å². The van der Waals surface area contributed by atoms with Gasteiger partial charge in [0.25, 0.3) is 0 Å². The molecule has 0 radical (unpaired) electrons. The number of rotatable bonds is 16. The molecule has 0 saturated heterocycles. The van der Waals surface area contributed by atoms with Gasteiger partial charge in [0, 0.05) is 43.7 Å². The Morgan fingerprint density at radius 1 is 0.923 bits per heavy atom. The van der Waals surface area contributed by atoms with Crippen molar-refractivity contribution in [3.63, 3.8) is 0 Å². The number of methoxy groups -OCH3 is 3. The summed E-state index contributed by atoms with van der Waals surface area (Å²) >= 11 is 6.53. The molecule has 348 valence electrons. The Morgan fingerprint density at radius 2 is 1.58 bits per heavy atom. The normalized spacial score (nSPS) is 22.6. The maximum absolute atomic E-state index is 14.4. The molecule has 0 aromatic heterocycles. The summed E-state index contributed by atoms with van der Waals surface area (Å²) in [5.41, 5.74) is 6.17. The molecule has 4 aliphatic rings. The van der Waals surface area contributed by atoms with Gasteiger partial charge < -0.3 is 28.6 Å². The van der Waals surface area contributed by atoms with Crippen LogP contribution in [0.2, 0.25) is 5.02 Å². The summed E-state index contributed by atoms with van der Waals surface area (Å²) in [7, 11) is 1.35. The van der Waals surface area contributed by atoms with Gasteiger partial charge in [0.15, 0.2) is 0 Å². The van der Waals surface area contributed by atoms with E-state index in [4.69, 9.17) is 35.3 Å². The number of hydrogen-bond donors (Lipinski definition) is 0. The van der Waals surface area contributed by atoms with Crippen LogP contribution < -0.4 is 19.1 Å². The fourth-order valence-corrected chi connectivity index (χ4v) is 12.4. The number of hydrogen-bond acceptors (Lipinski definition) is 9. The van der Waals surface area contributed by atoms with Gasteiger partial charge in [-0.3, -0.25) is 0 Å². The van der Waals surface area contributed by atoms with Crippen molar-refractivity contribution in [3.8, 4) is 17.2 Å². The number of carbonyl (C=O) groups excluding carboxylic acids is 1. The second-order valence-electron chi connectivity index (χ2n) is 19.7. The Balaban J connectivity index is 0.991. The Morgan fingerprint density at radius 3 is 2.17 bits per heavy atom. The Bertz CT molecular complexity index is 2420. The number of carbonyl (C=O) groups is 1. The van der Waals surface area contributed by atoms with E-state index in [1.807, 2.05) is 100 Å². The van der Waals surface area contributed by atoms with E-state index in [9.17, 15) is 13.2 Å². The zero-order valence-corrected chi connectivity index (χ0v) is 40.6. The number of sulfonamides is 1. The number of aryl methyl sites for hydroxylation is 1. The highest BCUT2D eigenvalue weighted by Crippen LogP contribution is 2.49. The van der Waals surface area contributed by atoms with E-state index in [1.54, 1.807) is 25.6 Å². The minimum Gasteiger partial charge on any atom is -0.497 e. The van der Waals surface area contributed by atoms with Crippen molar-refractivity contribution in [2.75, 3.05) is 45.9 Å². The van der Waals surface area contributed by atoms with Gasteiger partial charge in [-0.1, -0.05) is 48.0 Å². The first kappa shape index (κ1) is 47.0. The monoisotopic (exact) mass is 924 g/mol. The molecule has 3 aliphatic carbocycles. The Hall–Kier alpha value is -4.55. The van der Waals surface area contributed by atoms with Gasteiger partial charge in [0.1, 0.15) is 22.8 Å². The van der Waals surface area contributed by atoms with Gasteiger partial charge in [0.05, 0.1) is 43.4 Å². The van der Waals surface area contributed by atoms with Crippen LogP contribution in [0.5, 0.6) is 17.2 Å². The number of esters is 1. The topological polar surface area (TPSA) is 104 Å². The summed E-state index contributed by atoms with van der Waals surface area (Å²) in [5, 5.41) is 0.156. The van der Waals surface area contributed by atoms with Crippen LogP contribution >= 0.6 is 11.6 Å². The standard InChI is InChI=1S/C53H65ClN2O8S/c1-35(65(58,59)56(30-36-10-17-44(60-5)18-11-36)31-37-12-19-45(61-6)20-13-37)25-38-26-42(27-38)50(62-7)46-21-14-41(46)32-55-33-53(24-8-9-39-28-43(54)16-22-47(39)53)34-63-49-23-15-40(29-48(49)55)51(57)64-52(2,3)4/h10-13,15-20,22-23,26,28-29,35,38,41,46,50H,8-9,14,21,24-25,27,30-34H2,1-7H3/t35-,38+,41-,46+,50+,53-/m0/s1. The molecule has 0 N–H and O–H groups in total. The Kier molecular flexibility index (Phi) is 14.0. The molecule has 4 aromatic carbocycles. The van der Waals surface area contributed by atoms with Gasteiger partial charge in [-0.25, -0.2) is 13.2 Å². The van der Waals surface area contributed by atoms with Crippen molar-refractivity contribution in [1.29, 1.82) is 0 Å². The summed E-state index contributed by atoms with van der Waals surface area (Å²) in [5.74, 6) is 2.64. The minimum absolute atomic E-state index is 0.0548. The zero-order chi connectivity index (χ0) is 46.1. The van der Waals surface area contributed by atoms with Gasteiger partial charge >= 0.3 is 5.97 Å². The maximum atomic E-state index is 14.4. The summed E-state index contributed by atoms with van der Waals surface area (Å²) < 4.78 is 60.1. The second kappa shape index (κ2) is 19.4. The van der Waals surface area contributed by atoms with Crippen LogP contribution in [0.4, 0.5) is 5.69 Å². The number of nitrogens with zero attached hydrogens (tertiary/aromatic N) is 2. The third-order valence-corrected chi connectivity index (χ3v) is 16.5. The average molecular weight is 926 g/mol. The Labute approximate surface area is 391 Å².